The van der Waals surface area contributed by atoms with Crippen LogP contribution in [0.5, 0.6) is 0 Å². The van der Waals surface area contributed by atoms with Gasteiger partial charge in [0.25, 0.3) is 0 Å². The van der Waals surface area contributed by atoms with Crippen molar-refractivity contribution in [3.63, 3.8) is 0 Å². The van der Waals surface area contributed by atoms with Gasteiger partial charge in [0.15, 0.2) is 0 Å². The summed E-state index contributed by atoms with van der Waals surface area (Å²) in [6.45, 7) is 1.37. The SMILES string of the molecule is O=C(O)CC1CN(C(=O)Cn2cccn2)CCO1. The molecule has 1 aliphatic heterocycles. The third kappa shape index (κ3) is 3.30. The first-order valence-corrected chi connectivity index (χ1v) is 5.74. The van der Waals surface area contributed by atoms with E-state index in [-0.39, 0.29) is 18.9 Å². The number of carboxylic acid groups (broad SMARTS) is 1. The van der Waals surface area contributed by atoms with Crippen molar-refractivity contribution in [3.8, 4) is 0 Å². The molecule has 2 heterocycles. The van der Waals surface area contributed by atoms with Gasteiger partial charge in [0.05, 0.1) is 19.1 Å². The highest BCUT2D eigenvalue weighted by atomic mass is 16.5. The minimum atomic E-state index is -0.915. The molecule has 0 bridgehead atoms. The van der Waals surface area contributed by atoms with Gasteiger partial charge >= 0.3 is 5.97 Å². The largest absolute Gasteiger partial charge is 0.481 e. The molecule has 1 atom stereocenters. The Kier molecular flexibility index (Phi) is 3.93. The Morgan fingerprint density at radius 2 is 2.33 bits per heavy atom. The molecule has 0 spiro atoms. The Hall–Kier alpha value is -1.89. The standard InChI is InChI=1S/C11H15N3O4/c15-10(8-14-3-1-2-12-14)13-4-5-18-9(7-13)6-11(16)17/h1-3,9H,4-8H2,(H,16,17). The van der Waals surface area contributed by atoms with E-state index in [0.29, 0.717) is 19.7 Å². The lowest BCUT2D eigenvalue weighted by atomic mass is 10.2. The third-order valence-electron chi connectivity index (χ3n) is 2.75. The summed E-state index contributed by atoms with van der Waals surface area (Å²) < 4.78 is 6.85. The average Bonchev–Trinajstić information content (AvgIpc) is 2.81. The van der Waals surface area contributed by atoms with Crippen LogP contribution in [0.2, 0.25) is 0 Å². The van der Waals surface area contributed by atoms with Crippen molar-refractivity contribution >= 4 is 11.9 Å². The lowest BCUT2D eigenvalue weighted by Gasteiger charge is -2.32. The van der Waals surface area contributed by atoms with Crippen LogP contribution in [0, 0.1) is 0 Å². The maximum absolute atomic E-state index is 12.0. The van der Waals surface area contributed by atoms with Crippen LogP contribution in [0.15, 0.2) is 18.5 Å². The molecule has 98 valence electrons. The van der Waals surface area contributed by atoms with Crippen molar-refractivity contribution in [1.29, 1.82) is 0 Å². The molecule has 1 aromatic heterocycles. The summed E-state index contributed by atoms with van der Waals surface area (Å²) in [5.41, 5.74) is 0. The van der Waals surface area contributed by atoms with E-state index in [1.807, 2.05) is 0 Å². The monoisotopic (exact) mass is 253 g/mol. The molecular formula is C11H15N3O4. The Morgan fingerprint density at radius 3 is 3.00 bits per heavy atom. The van der Waals surface area contributed by atoms with Gasteiger partial charge in [0.2, 0.25) is 5.91 Å². The molecule has 1 N–H and O–H groups in total. The highest BCUT2D eigenvalue weighted by molar-refractivity contribution is 5.76. The van der Waals surface area contributed by atoms with Crippen molar-refractivity contribution in [3.05, 3.63) is 18.5 Å². The van der Waals surface area contributed by atoms with E-state index in [9.17, 15) is 9.59 Å². The zero-order valence-corrected chi connectivity index (χ0v) is 9.86. The number of aromatic nitrogens is 2. The Balaban J connectivity index is 1.88. The quantitative estimate of drug-likeness (QED) is 0.788. The molecule has 1 aromatic rings. The maximum atomic E-state index is 12.0. The normalized spacial score (nSPS) is 19.8. The number of hydrogen-bond donors (Lipinski definition) is 1. The molecule has 18 heavy (non-hydrogen) atoms. The van der Waals surface area contributed by atoms with Gasteiger partial charge < -0.3 is 14.7 Å². The van der Waals surface area contributed by atoms with Crippen molar-refractivity contribution in [2.75, 3.05) is 19.7 Å². The van der Waals surface area contributed by atoms with Crippen LogP contribution < -0.4 is 0 Å². The number of carbonyl (C=O) groups is 2. The van der Waals surface area contributed by atoms with Gasteiger partial charge in [-0.05, 0) is 6.07 Å². The summed E-state index contributed by atoms with van der Waals surface area (Å²) in [6.07, 6.45) is 2.83. The smallest absolute Gasteiger partial charge is 0.306 e. The zero-order chi connectivity index (χ0) is 13.0. The Morgan fingerprint density at radius 1 is 1.50 bits per heavy atom. The highest BCUT2D eigenvalue weighted by Crippen LogP contribution is 2.09. The fraction of sp³-hybridized carbons (Fsp3) is 0.545. The van der Waals surface area contributed by atoms with Crippen molar-refractivity contribution in [2.24, 2.45) is 0 Å². The number of carbonyl (C=O) groups excluding carboxylic acids is 1. The van der Waals surface area contributed by atoms with Crippen LogP contribution in [0.1, 0.15) is 6.42 Å². The number of aliphatic carboxylic acids is 1. The van der Waals surface area contributed by atoms with E-state index < -0.39 is 12.1 Å². The number of ether oxygens (including phenoxy) is 1. The molecule has 0 radical (unpaired) electrons. The molecule has 1 amide bonds. The van der Waals surface area contributed by atoms with Crippen LogP contribution in [-0.2, 0) is 20.9 Å². The number of hydrogen-bond acceptors (Lipinski definition) is 4. The average molecular weight is 253 g/mol. The first-order chi connectivity index (χ1) is 8.65. The molecule has 7 nitrogen and oxygen atoms in total. The molecular weight excluding hydrogens is 238 g/mol. The number of carboxylic acids is 1. The Labute approximate surface area is 104 Å². The molecule has 7 heteroatoms. The van der Waals surface area contributed by atoms with E-state index in [4.69, 9.17) is 9.84 Å². The summed E-state index contributed by atoms with van der Waals surface area (Å²) in [5.74, 6) is -0.987. The number of rotatable bonds is 4. The van der Waals surface area contributed by atoms with Gasteiger partial charge in [-0.3, -0.25) is 14.3 Å². The molecule has 1 unspecified atom stereocenters. The summed E-state index contributed by atoms with van der Waals surface area (Å²) in [7, 11) is 0. The van der Waals surface area contributed by atoms with Gasteiger partial charge in [-0.2, -0.15) is 5.10 Å². The second-order valence-corrected chi connectivity index (χ2v) is 4.13. The fourth-order valence-corrected chi connectivity index (χ4v) is 1.90. The van der Waals surface area contributed by atoms with E-state index >= 15 is 0 Å². The van der Waals surface area contributed by atoms with Crippen molar-refractivity contribution < 1.29 is 19.4 Å². The summed E-state index contributed by atoms with van der Waals surface area (Å²) >= 11 is 0. The molecule has 0 saturated carbocycles. The second kappa shape index (κ2) is 5.63. The van der Waals surface area contributed by atoms with Gasteiger partial charge in [-0.25, -0.2) is 0 Å². The number of morpholine rings is 1. The van der Waals surface area contributed by atoms with Crippen LogP contribution in [0.4, 0.5) is 0 Å². The van der Waals surface area contributed by atoms with Gasteiger partial charge in [0, 0.05) is 25.5 Å². The third-order valence-corrected chi connectivity index (χ3v) is 2.75. The van der Waals surface area contributed by atoms with E-state index in [1.165, 1.54) is 0 Å². The van der Waals surface area contributed by atoms with E-state index in [2.05, 4.69) is 5.10 Å². The molecule has 0 aliphatic carbocycles. The topological polar surface area (TPSA) is 84.7 Å². The fourth-order valence-electron chi connectivity index (χ4n) is 1.90. The maximum Gasteiger partial charge on any atom is 0.306 e. The summed E-state index contributed by atoms with van der Waals surface area (Å²) in [5, 5.41) is 12.7. The van der Waals surface area contributed by atoms with Crippen LogP contribution in [-0.4, -0.2) is 57.5 Å². The number of nitrogens with zero attached hydrogens (tertiary/aromatic N) is 3. The predicted molar refractivity (Wildman–Crippen MR) is 60.8 cm³/mol. The zero-order valence-electron chi connectivity index (χ0n) is 9.86. The minimum Gasteiger partial charge on any atom is -0.481 e. The van der Waals surface area contributed by atoms with Crippen LogP contribution in [0.25, 0.3) is 0 Å². The lowest BCUT2D eigenvalue weighted by molar-refractivity contribution is -0.148. The number of amides is 1. The molecule has 2 rings (SSSR count). The van der Waals surface area contributed by atoms with Crippen molar-refractivity contribution in [1.82, 2.24) is 14.7 Å². The summed E-state index contributed by atoms with van der Waals surface area (Å²) in [6, 6.07) is 1.75. The van der Waals surface area contributed by atoms with E-state index in [0.717, 1.165) is 0 Å². The van der Waals surface area contributed by atoms with Gasteiger partial charge in [0.1, 0.15) is 6.54 Å². The van der Waals surface area contributed by atoms with Gasteiger partial charge in [-0.1, -0.05) is 0 Å². The Bertz CT molecular complexity index is 418. The second-order valence-electron chi connectivity index (χ2n) is 4.13. The van der Waals surface area contributed by atoms with Gasteiger partial charge in [-0.15, -0.1) is 0 Å². The molecule has 1 aliphatic rings. The van der Waals surface area contributed by atoms with Crippen LogP contribution in [0.3, 0.4) is 0 Å². The lowest BCUT2D eigenvalue weighted by Crippen LogP contribution is -2.47. The molecule has 1 fully saturated rings. The molecule has 1 saturated heterocycles. The highest BCUT2D eigenvalue weighted by Gasteiger charge is 2.25. The summed E-state index contributed by atoms with van der Waals surface area (Å²) in [4.78, 5) is 24.2. The first-order valence-electron chi connectivity index (χ1n) is 5.74. The minimum absolute atomic E-state index is 0.0719. The first kappa shape index (κ1) is 12.6. The molecule has 0 aromatic carbocycles. The van der Waals surface area contributed by atoms with Crippen LogP contribution >= 0.6 is 0 Å². The van der Waals surface area contributed by atoms with E-state index in [1.54, 1.807) is 28.0 Å². The van der Waals surface area contributed by atoms with Crippen molar-refractivity contribution in [2.45, 2.75) is 19.1 Å². The predicted octanol–water partition coefficient (Wildman–Crippen LogP) is -0.415.